The van der Waals surface area contributed by atoms with Crippen molar-refractivity contribution in [3.8, 4) is 23.1 Å². The molecule has 0 saturated heterocycles. The number of nitrogens with zero attached hydrogens (tertiary/aromatic N) is 4. The van der Waals surface area contributed by atoms with E-state index in [0.29, 0.717) is 5.75 Å². The molecule has 5 heteroatoms. The van der Waals surface area contributed by atoms with Gasteiger partial charge in [-0.1, -0.05) is 60.3 Å². The van der Waals surface area contributed by atoms with Crippen LogP contribution in [0.15, 0.2) is 65.8 Å². The highest BCUT2D eigenvalue weighted by atomic mass is 32.2. The number of benzene rings is 2. The third kappa shape index (κ3) is 2.81. The van der Waals surface area contributed by atoms with Gasteiger partial charge in [-0.2, -0.15) is 5.26 Å². The Balaban J connectivity index is 2.13. The van der Waals surface area contributed by atoms with Gasteiger partial charge in [-0.05, 0) is 12.1 Å². The largest absolute Gasteiger partial charge is 0.270 e. The first kappa shape index (κ1) is 13.4. The monoisotopic (exact) mass is 292 g/mol. The molecule has 21 heavy (non-hydrogen) atoms. The van der Waals surface area contributed by atoms with Crippen LogP contribution >= 0.6 is 11.8 Å². The standard InChI is InChI=1S/C16H12N4S/c17-11-12-21-16-19-18-15(13-7-3-1-4-8-13)20(16)14-9-5-2-6-10-14/h1-10H,12H2. The third-order valence-electron chi connectivity index (χ3n) is 2.95. The van der Waals surface area contributed by atoms with Crippen molar-refractivity contribution in [2.45, 2.75) is 5.16 Å². The first-order chi connectivity index (χ1) is 10.4. The lowest BCUT2D eigenvalue weighted by Crippen LogP contribution is -1.99. The fourth-order valence-corrected chi connectivity index (χ4v) is 2.66. The van der Waals surface area contributed by atoms with Crippen molar-refractivity contribution in [2.24, 2.45) is 0 Å². The van der Waals surface area contributed by atoms with E-state index in [9.17, 15) is 0 Å². The molecule has 0 fully saturated rings. The van der Waals surface area contributed by atoms with Crippen LogP contribution in [-0.4, -0.2) is 20.5 Å². The highest BCUT2D eigenvalue weighted by molar-refractivity contribution is 7.99. The predicted octanol–water partition coefficient (Wildman–Crippen LogP) is 3.55. The molecule has 4 nitrogen and oxygen atoms in total. The molecule has 0 aliphatic rings. The molecule has 3 rings (SSSR count). The van der Waals surface area contributed by atoms with Gasteiger partial charge in [0, 0.05) is 11.3 Å². The van der Waals surface area contributed by atoms with E-state index in [0.717, 1.165) is 22.2 Å². The Hall–Kier alpha value is -2.58. The minimum Gasteiger partial charge on any atom is -0.270 e. The maximum absolute atomic E-state index is 8.78. The zero-order valence-electron chi connectivity index (χ0n) is 11.2. The number of thioether (sulfide) groups is 1. The molecule has 1 heterocycles. The number of hydrogen-bond acceptors (Lipinski definition) is 4. The Labute approximate surface area is 127 Å². The van der Waals surface area contributed by atoms with Crippen molar-refractivity contribution in [3.05, 3.63) is 60.7 Å². The fourth-order valence-electron chi connectivity index (χ4n) is 2.04. The van der Waals surface area contributed by atoms with E-state index in [1.54, 1.807) is 0 Å². The van der Waals surface area contributed by atoms with Crippen molar-refractivity contribution < 1.29 is 0 Å². The van der Waals surface area contributed by atoms with E-state index < -0.39 is 0 Å². The van der Waals surface area contributed by atoms with Crippen LogP contribution in [0.25, 0.3) is 17.1 Å². The molecule has 0 amide bonds. The summed E-state index contributed by atoms with van der Waals surface area (Å²) >= 11 is 1.39. The molecule has 0 atom stereocenters. The van der Waals surface area contributed by atoms with Gasteiger partial charge in [0.2, 0.25) is 0 Å². The zero-order chi connectivity index (χ0) is 14.5. The minimum atomic E-state index is 0.347. The highest BCUT2D eigenvalue weighted by Crippen LogP contribution is 2.27. The van der Waals surface area contributed by atoms with Crippen LogP contribution < -0.4 is 0 Å². The lowest BCUT2D eigenvalue weighted by Gasteiger charge is -2.09. The second-order valence-corrected chi connectivity index (χ2v) is 5.23. The Morgan fingerprint density at radius 1 is 0.952 bits per heavy atom. The van der Waals surface area contributed by atoms with E-state index in [4.69, 9.17) is 5.26 Å². The molecule has 0 unspecified atom stereocenters. The summed E-state index contributed by atoms with van der Waals surface area (Å²) in [6, 6.07) is 22.0. The molecule has 0 N–H and O–H groups in total. The van der Waals surface area contributed by atoms with Gasteiger partial charge in [0.25, 0.3) is 0 Å². The van der Waals surface area contributed by atoms with Gasteiger partial charge in [-0.25, -0.2) is 0 Å². The van der Waals surface area contributed by atoms with Crippen LogP contribution in [-0.2, 0) is 0 Å². The molecule has 0 saturated carbocycles. The Kier molecular flexibility index (Phi) is 3.99. The summed E-state index contributed by atoms with van der Waals surface area (Å²) in [4.78, 5) is 0. The summed E-state index contributed by atoms with van der Waals surface area (Å²) in [7, 11) is 0. The maximum Gasteiger partial charge on any atom is 0.197 e. The molecule has 0 spiro atoms. The summed E-state index contributed by atoms with van der Waals surface area (Å²) in [5, 5.41) is 18.0. The number of para-hydroxylation sites is 1. The predicted molar refractivity (Wildman–Crippen MR) is 83.1 cm³/mol. The Bertz CT molecular complexity index is 760. The first-order valence-electron chi connectivity index (χ1n) is 6.46. The second-order valence-electron chi connectivity index (χ2n) is 4.29. The van der Waals surface area contributed by atoms with Crippen molar-refractivity contribution in [2.75, 3.05) is 5.75 Å². The third-order valence-corrected chi connectivity index (χ3v) is 3.74. The van der Waals surface area contributed by atoms with Gasteiger partial charge in [-0.15, -0.1) is 10.2 Å². The summed E-state index contributed by atoms with van der Waals surface area (Å²) in [5.74, 6) is 1.13. The smallest absolute Gasteiger partial charge is 0.197 e. The lowest BCUT2D eigenvalue weighted by molar-refractivity contribution is 0.888. The number of rotatable bonds is 4. The van der Waals surface area contributed by atoms with Crippen molar-refractivity contribution >= 4 is 11.8 Å². The van der Waals surface area contributed by atoms with Crippen molar-refractivity contribution in [1.82, 2.24) is 14.8 Å². The average Bonchev–Trinajstić information content (AvgIpc) is 2.98. The lowest BCUT2D eigenvalue weighted by atomic mass is 10.2. The molecule has 0 aliphatic carbocycles. The van der Waals surface area contributed by atoms with Crippen LogP contribution in [0.2, 0.25) is 0 Å². The van der Waals surface area contributed by atoms with Crippen LogP contribution in [0.1, 0.15) is 0 Å². The molecule has 0 aliphatic heterocycles. The zero-order valence-corrected chi connectivity index (χ0v) is 12.0. The molecular formula is C16H12N4S. The van der Waals surface area contributed by atoms with Gasteiger partial charge in [0.15, 0.2) is 11.0 Å². The molecular weight excluding hydrogens is 280 g/mol. The van der Waals surface area contributed by atoms with Gasteiger partial charge in [0.05, 0.1) is 11.8 Å². The second kappa shape index (κ2) is 6.25. The SMILES string of the molecule is N#CCSc1nnc(-c2ccccc2)n1-c1ccccc1. The molecule has 102 valence electrons. The highest BCUT2D eigenvalue weighted by Gasteiger charge is 2.15. The van der Waals surface area contributed by atoms with Crippen LogP contribution in [0, 0.1) is 11.3 Å². The van der Waals surface area contributed by atoms with Gasteiger partial charge in [0.1, 0.15) is 0 Å². The molecule has 1 aromatic heterocycles. The Morgan fingerprint density at radius 2 is 1.62 bits per heavy atom. The summed E-state index contributed by atoms with van der Waals surface area (Å²) in [6.07, 6.45) is 0. The van der Waals surface area contributed by atoms with E-state index >= 15 is 0 Å². The molecule has 0 bridgehead atoms. The average molecular weight is 292 g/mol. The maximum atomic E-state index is 8.78. The molecule has 2 aromatic carbocycles. The minimum absolute atomic E-state index is 0.347. The van der Waals surface area contributed by atoms with Crippen LogP contribution in [0.4, 0.5) is 0 Å². The molecule has 3 aromatic rings. The number of nitriles is 1. The van der Waals surface area contributed by atoms with E-state index in [1.165, 1.54) is 11.8 Å². The van der Waals surface area contributed by atoms with Gasteiger partial charge >= 0.3 is 0 Å². The van der Waals surface area contributed by atoms with E-state index in [-0.39, 0.29) is 0 Å². The Morgan fingerprint density at radius 3 is 2.29 bits per heavy atom. The van der Waals surface area contributed by atoms with Crippen molar-refractivity contribution in [1.29, 1.82) is 5.26 Å². The van der Waals surface area contributed by atoms with Crippen molar-refractivity contribution in [3.63, 3.8) is 0 Å². The summed E-state index contributed by atoms with van der Waals surface area (Å²) in [5.41, 5.74) is 1.99. The molecule has 0 radical (unpaired) electrons. The number of aromatic nitrogens is 3. The number of hydrogen-bond donors (Lipinski definition) is 0. The topological polar surface area (TPSA) is 54.5 Å². The van der Waals surface area contributed by atoms with Gasteiger partial charge in [-0.3, -0.25) is 4.57 Å². The fraction of sp³-hybridized carbons (Fsp3) is 0.0625. The van der Waals surface area contributed by atoms with Gasteiger partial charge < -0.3 is 0 Å². The van der Waals surface area contributed by atoms with Crippen LogP contribution in [0.5, 0.6) is 0 Å². The van der Waals surface area contributed by atoms with E-state index in [1.807, 2.05) is 65.2 Å². The van der Waals surface area contributed by atoms with Crippen LogP contribution in [0.3, 0.4) is 0 Å². The van der Waals surface area contributed by atoms with E-state index in [2.05, 4.69) is 16.3 Å². The summed E-state index contributed by atoms with van der Waals surface area (Å²) in [6.45, 7) is 0. The summed E-state index contributed by atoms with van der Waals surface area (Å²) < 4.78 is 1.98. The normalized spacial score (nSPS) is 10.2. The quantitative estimate of drug-likeness (QED) is 0.690. The first-order valence-corrected chi connectivity index (χ1v) is 7.44.